The highest BCUT2D eigenvalue weighted by Crippen LogP contribution is 2.18. The minimum absolute atomic E-state index is 0. The topological polar surface area (TPSA) is 79.6 Å². The predicted molar refractivity (Wildman–Crippen MR) is 135 cm³/mol. The Morgan fingerprint density at radius 1 is 1.29 bits per heavy atom. The summed E-state index contributed by atoms with van der Waals surface area (Å²) in [4.78, 5) is 8.70. The number of aromatic nitrogens is 3. The van der Waals surface area contributed by atoms with E-state index in [1.165, 1.54) is 17.8 Å². The summed E-state index contributed by atoms with van der Waals surface area (Å²) in [6.07, 6.45) is 3.48. The molecular formula is C21H34IN7OS. The molecule has 2 aromatic heterocycles. The summed E-state index contributed by atoms with van der Waals surface area (Å²) in [5, 5.41) is 17.6. The number of nitrogens with one attached hydrogen (secondary N) is 2. The number of hydrogen-bond acceptors (Lipinski definition) is 6. The lowest BCUT2D eigenvalue weighted by atomic mass is 10.0. The SMILES string of the molecule is Cc1nnc(CN=C(NCc2cccs2)NC2CCN(CC3CCOC3)CC2)n1C.I. The van der Waals surface area contributed by atoms with Crippen LogP contribution in [0.4, 0.5) is 0 Å². The molecule has 0 amide bonds. The van der Waals surface area contributed by atoms with Gasteiger partial charge in [0, 0.05) is 44.2 Å². The average molecular weight is 560 g/mol. The third-order valence-electron chi connectivity index (χ3n) is 6.04. The van der Waals surface area contributed by atoms with Crippen LogP contribution in [-0.4, -0.2) is 64.5 Å². The summed E-state index contributed by atoms with van der Waals surface area (Å²) >= 11 is 1.76. The molecule has 2 N–H and O–H groups in total. The normalized spacial score (nSPS) is 20.6. The van der Waals surface area contributed by atoms with E-state index in [1.807, 2.05) is 18.5 Å². The fourth-order valence-electron chi connectivity index (χ4n) is 4.02. The summed E-state index contributed by atoms with van der Waals surface area (Å²) in [6, 6.07) is 4.67. The molecule has 8 nitrogen and oxygen atoms in total. The van der Waals surface area contributed by atoms with Gasteiger partial charge < -0.3 is 24.8 Å². The van der Waals surface area contributed by atoms with Gasteiger partial charge in [-0.2, -0.15) is 0 Å². The van der Waals surface area contributed by atoms with E-state index in [4.69, 9.17) is 9.73 Å². The van der Waals surface area contributed by atoms with Crippen molar-refractivity contribution in [2.45, 2.75) is 45.3 Å². The molecule has 31 heavy (non-hydrogen) atoms. The van der Waals surface area contributed by atoms with E-state index in [1.54, 1.807) is 11.3 Å². The zero-order valence-electron chi connectivity index (χ0n) is 18.4. The van der Waals surface area contributed by atoms with Crippen LogP contribution in [0.2, 0.25) is 0 Å². The second kappa shape index (κ2) is 12.1. The number of aliphatic imine (C=N–C) groups is 1. The third-order valence-corrected chi connectivity index (χ3v) is 6.92. The summed E-state index contributed by atoms with van der Waals surface area (Å²) in [7, 11) is 1.98. The second-order valence-electron chi connectivity index (χ2n) is 8.27. The molecule has 0 saturated carbocycles. The molecule has 10 heteroatoms. The smallest absolute Gasteiger partial charge is 0.192 e. The lowest BCUT2D eigenvalue weighted by molar-refractivity contribution is 0.150. The van der Waals surface area contributed by atoms with E-state index in [9.17, 15) is 0 Å². The quantitative estimate of drug-likeness (QED) is 0.309. The zero-order valence-corrected chi connectivity index (χ0v) is 21.6. The molecule has 2 saturated heterocycles. The fourth-order valence-corrected chi connectivity index (χ4v) is 4.67. The first-order valence-corrected chi connectivity index (χ1v) is 11.8. The number of halogens is 1. The number of thiophene rings is 1. The van der Waals surface area contributed by atoms with Crippen LogP contribution in [0.25, 0.3) is 0 Å². The Balaban J connectivity index is 0.00000272. The first-order valence-electron chi connectivity index (χ1n) is 10.9. The molecule has 172 valence electrons. The van der Waals surface area contributed by atoms with Crippen LogP contribution in [0.5, 0.6) is 0 Å². The van der Waals surface area contributed by atoms with E-state index in [-0.39, 0.29) is 24.0 Å². The Morgan fingerprint density at radius 3 is 2.77 bits per heavy atom. The largest absolute Gasteiger partial charge is 0.381 e. The number of rotatable bonds is 7. The summed E-state index contributed by atoms with van der Waals surface area (Å²) in [5.41, 5.74) is 0. The molecule has 4 rings (SSSR count). The highest BCUT2D eigenvalue weighted by atomic mass is 127. The van der Waals surface area contributed by atoms with Crippen molar-refractivity contribution >= 4 is 41.3 Å². The van der Waals surface area contributed by atoms with Crippen LogP contribution in [0.15, 0.2) is 22.5 Å². The molecule has 2 fully saturated rings. The van der Waals surface area contributed by atoms with Gasteiger partial charge in [-0.05, 0) is 43.6 Å². The number of likely N-dealkylation sites (tertiary alicyclic amines) is 1. The molecule has 2 aromatic rings. The lowest BCUT2D eigenvalue weighted by Crippen LogP contribution is -2.49. The average Bonchev–Trinajstić information content (AvgIpc) is 3.51. The van der Waals surface area contributed by atoms with Gasteiger partial charge >= 0.3 is 0 Å². The maximum atomic E-state index is 5.53. The van der Waals surface area contributed by atoms with Crippen molar-refractivity contribution in [3.8, 4) is 0 Å². The Hall–Kier alpha value is -1.24. The van der Waals surface area contributed by atoms with E-state index >= 15 is 0 Å². The number of nitrogens with zero attached hydrogens (tertiary/aromatic N) is 5. The van der Waals surface area contributed by atoms with Gasteiger partial charge in [-0.25, -0.2) is 4.99 Å². The van der Waals surface area contributed by atoms with Crippen molar-refractivity contribution in [2.24, 2.45) is 18.0 Å². The fraction of sp³-hybridized carbons (Fsp3) is 0.667. The van der Waals surface area contributed by atoms with Crippen molar-refractivity contribution in [3.63, 3.8) is 0 Å². The van der Waals surface area contributed by atoms with Gasteiger partial charge in [-0.1, -0.05) is 6.07 Å². The molecule has 0 radical (unpaired) electrons. The first-order chi connectivity index (χ1) is 14.7. The van der Waals surface area contributed by atoms with Gasteiger partial charge in [0.1, 0.15) is 12.4 Å². The van der Waals surface area contributed by atoms with Gasteiger partial charge in [0.2, 0.25) is 0 Å². The van der Waals surface area contributed by atoms with Crippen molar-refractivity contribution in [1.29, 1.82) is 0 Å². The van der Waals surface area contributed by atoms with Crippen molar-refractivity contribution < 1.29 is 4.74 Å². The standard InChI is InChI=1S/C21H33N7OS.HI/c1-16-25-26-20(27(16)2)13-23-21(22-12-19-4-3-11-30-19)24-18-5-8-28(9-6-18)14-17-7-10-29-15-17;/h3-4,11,17-18H,5-10,12-15H2,1-2H3,(H2,22,23,24);1H. The van der Waals surface area contributed by atoms with Crippen LogP contribution < -0.4 is 10.6 Å². The molecule has 1 atom stereocenters. The van der Waals surface area contributed by atoms with E-state index in [2.05, 4.69) is 43.2 Å². The summed E-state index contributed by atoms with van der Waals surface area (Å²) in [6.45, 7) is 8.56. The maximum absolute atomic E-state index is 5.53. The lowest BCUT2D eigenvalue weighted by Gasteiger charge is -2.34. The Morgan fingerprint density at radius 2 is 2.13 bits per heavy atom. The maximum Gasteiger partial charge on any atom is 0.192 e. The predicted octanol–water partition coefficient (Wildman–Crippen LogP) is 2.54. The minimum Gasteiger partial charge on any atom is -0.381 e. The molecule has 1 unspecified atom stereocenters. The van der Waals surface area contributed by atoms with Crippen LogP contribution in [-0.2, 0) is 24.9 Å². The molecular weight excluding hydrogens is 525 g/mol. The molecule has 2 aliphatic heterocycles. The number of aryl methyl sites for hydroxylation is 1. The Bertz CT molecular complexity index is 812. The third kappa shape index (κ3) is 7.13. The van der Waals surface area contributed by atoms with Crippen LogP contribution in [0, 0.1) is 12.8 Å². The van der Waals surface area contributed by atoms with Gasteiger partial charge in [-0.3, -0.25) is 0 Å². The second-order valence-corrected chi connectivity index (χ2v) is 9.30. The molecule has 0 aliphatic carbocycles. The van der Waals surface area contributed by atoms with Crippen molar-refractivity contribution in [1.82, 2.24) is 30.3 Å². The number of guanidine groups is 1. The van der Waals surface area contributed by atoms with Gasteiger partial charge in [0.05, 0.1) is 13.2 Å². The van der Waals surface area contributed by atoms with Gasteiger partial charge in [0.25, 0.3) is 0 Å². The van der Waals surface area contributed by atoms with E-state index in [0.29, 0.717) is 18.5 Å². The molecule has 0 bridgehead atoms. The highest BCUT2D eigenvalue weighted by Gasteiger charge is 2.24. The van der Waals surface area contributed by atoms with E-state index < -0.39 is 0 Å². The summed E-state index contributed by atoms with van der Waals surface area (Å²) < 4.78 is 7.52. The Kier molecular flexibility index (Phi) is 9.54. The summed E-state index contributed by atoms with van der Waals surface area (Å²) in [5.74, 6) is 3.35. The van der Waals surface area contributed by atoms with Crippen molar-refractivity contribution in [3.05, 3.63) is 34.0 Å². The van der Waals surface area contributed by atoms with Crippen molar-refractivity contribution in [2.75, 3.05) is 32.8 Å². The van der Waals surface area contributed by atoms with Crippen LogP contribution in [0.1, 0.15) is 35.8 Å². The number of piperidine rings is 1. The highest BCUT2D eigenvalue weighted by molar-refractivity contribution is 14.0. The van der Waals surface area contributed by atoms with Crippen LogP contribution >= 0.6 is 35.3 Å². The monoisotopic (exact) mass is 559 g/mol. The van der Waals surface area contributed by atoms with Gasteiger partial charge in [-0.15, -0.1) is 45.5 Å². The van der Waals surface area contributed by atoms with E-state index in [0.717, 1.165) is 63.3 Å². The van der Waals surface area contributed by atoms with Crippen LogP contribution in [0.3, 0.4) is 0 Å². The molecule has 2 aliphatic rings. The molecule has 4 heterocycles. The van der Waals surface area contributed by atoms with Gasteiger partial charge in [0.15, 0.2) is 11.8 Å². The molecule has 0 aromatic carbocycles. The first kappa shape index (κ1) is 24.4. The number of hydrogen-bond donors (Lipinski definition) is 2. The molecule has 0 spiro atoms. The number of ether oxygens (including phenoxy) is 1. The zero-order chi connectivity index (χ0) is 20.8. The Labute approximate surface area is 205 Å². The minimum atomic E-state index is 0.